The van der Waals surface area contributed by atoms with Gasteiger partial charge in [0, 0.05) is 50.3 Å². The molecule has 0 aromatic carbocycles. The topological polar surface area (TPSA) is 48.9 Å². The minimum absolute atomic E-state index is 0.120. The number of nitrogens with zero attached hydrogens (tertiary/aromatic N) is 4. The maximum absolute atomic E-state index is 13.0. The van der Waals surface area contributed by atoms with Crippen molar-refractivity contribution in [3.05, 3.63) is 11.1 Å². The highest BCUT2D eigenvalue weighted by molar-refractivity contribution is 7.15. The van der Waals surface area contributed by atoms with Crippen molar-refractivity contribution in [1.29, 1.82) is 0 Å². The van der Waals surface area contributed by atoms with Crippen molar-refractivity contribution in [2.24, 2.45) is 5.41 Å². The highest BCUT2D eigenvalue weighted by atomic mass is 32.1. The molecule has 144 valence electrons. The summed E-state index contributed by atoms with van der Waals surface area (Å²) in [5.74, 6) is 0.409. The third kappa shape index (κ3) is 3.62. The second-order valence-electron chi connectivity index (χ2n) is 7.85. The molecule has 26 heavy (non-hydrogen) atoms. The van der Waals surface area contributed by atoms with Crippen LogP contribution in [-0.2, 0) is 16.1 Å². The lowest BCUT2D eigenvalue weighted by molar-refractivity contribution is -0.145. The van der Waals surface area contributed by atoms with Gasteiger partial charge in [-0.05, 0) is 32.2 Å². The number of carbonyl (C=O) groups is 1. The largest absolute Gasteiger partial charge is 0.378 e. The molecule has 1 spiro atoms. The number of morpholine rings is 1. The lowest BCUT2D eigenvalue weighted by Gasteiger charge is -2.39. The summed E-state index contributed by atoms with van der Waals surface area (Å²) in [5, 5.41) is 1.11. The molecule has 3 saturated heterocycles. The van der Waals surface area contributed by atoms with Crippen LogP contribution < -0.4 is 4.90 Å². The normalized spacial score (nSPS) is 27.7. The van der Waals surface area contributed by atoms with E-state index in [2.05, 4.69) is 26.6 Å². The molecule has 4 rings (SSSR count). The molecule has 3 fully saturated rings. The molecule has 1 amide bonds. The Morgan fingerprint density at radius 3 is 2.88 bits per heavy atom. The SMILES string of the molecule is CCCN1CCC[C@]2(CCN(Cc3cnc(N4CCOCC4)s3)C2)C1=O. The first kappa shape index (κ1) is 18.2. The van der Waals surface area contributed by atoms with Gasteiger partial charge in [0.2, 0.25) is 5.91 Å². The summed E-state index contributed by atoms with van der Waals surface area (Å²) < 4.78 is 5.43. The number of ether oxygens (including phenoxy) is 1. The molecule has 3 aliphatic rings. The second-order valence-corrected chi connectivity index (χ2v) is 8.94. The number of rotatable bonds is 5. The standard InChI is InChI=1S/C19H30N4O2S/c1-2-6-22-7-3-4-19(17(22)24)5-8-21(15-19)14-16-13-20-18(26-16)23-9-11-25-12-10-23/h13H,2-12,14-15H2,1H3/t19-/m1/s1. The smallest absolute Gasteiger partial charge is 0.230 e. The molecule has 1 aromatic heterocycles. The van der Waals surface area contributed by atoms with E-state index in [-0.39, 0.29) is 5.41 Å². The summed E-state index contributed by atoms with van der Waals surface area (Å²) in [7, 11) is 0. The van der Waals surface area contributed by atoms with Gasteiger partial charge < -0.3 is 14.5 Å². The van der Waals surface area contributed by atoms with Crippen molar-refractivity contribution in [1.82, 2.24) is 14.8 Å². The van der Waals surface area contributed by atoms with Crippen molar-refractivity contribution >= 4 is 22.4 Å². The van der Waals surface area contributed by atoms with E-state index in [0.717, 1.165) is 89.8 Å². The van der Waals surface area contributed by atoms with Gasteiger partial charge >= 0.3 is 0 Å². The Morgan fingerprint density at radius 1 is 1.23 bits per heavy atom. The molecule has 0 bridgehead atoms. The van der Waals surface area contributed by atoms with Crippen molar-refractivity contribution in [2.45, 2.75) is 39.2 Å². The fourth-order valence-electron chi connectivity index (χ4n) is 4.60. The van der Waals surface area contributed by atoms with E-state index in [4.69, 9.17) is 4.74 Å². The van der Waals surface area contributed by atoms with Crippen molar-refractivity contribution < 1.29 is 9.53 Å². The average molecular weight is 379 g/mol. The summed E-state index contributed by atoms with van der Waals surface area (Å²) in [5.41, 5.74) is -0.120. The van der Waals surface area contributed by atoms with Gasteiger partial charge in [0.25, 0.3) is 0 Å². The summed E-state index contributed by atoms with van der Waals surface area (Å²) >= 11 is 1.79. The number of anilines is 1. The number of hydrogen-bond donors (Lipinski definition) is 0. The van der Waals surface area contributed by atoms with E-state index in [1.54, 1.807) is 11.3 Å². The lowest BCUT2D eigenvalue weighted by atomic mass is 9.78. The minimum Gasteiger partial charge on any atom is -0.378 e. The average Bonchev–Trinajstić information content (AvgIpc) is 3.29. The molecule has 0 saturated carbocycles. The summed E-state index contributed by atoms with van der Waals surface area (Å²) in [6.45, 7) is 10.3. The number of hydrogen-bond acceptors (Lipinski definition) is 6. The zero-order valence-electron chi connectivity index (χ0n) is 15.8. The van der Waals surface area contributed by atoms with Crippen molar-refractivity contribution in [3.63, 3.8) is 0 Å². The van der Waals surface area contributed by atoms with Gasteiger partial charge in [0.05, 0.1) is 18.6 Å². The molecular formula is C19H30N4O2S. The van der Waals surface area contributed by atoms with E-state index in [1.807, 2.05) is 6.20 Å². The van der Waals surface area contributed by atoms with E-state index < -0.39 is 0 Å². The number of aromatic nitrogens is 1. The Kier molecular flexibility index (Phi) is 5.47. The Morgan fingerprint density at radius 2 is 2.08 bits per heavy atom. The van der Waals surface area contributed by atoms with Crippen LogP contribution in [0.4, 0.5) is 5.13 Å². The van der Waals surface area contributed by atoms with Crippen LogP contribution in [0, 0.1) is 5.41 Å². The predicted octanol–water partition coefficient (Wildman–Crippen LogP) is 2.20. The summed E-state index contributed by atoms with van der Waals surface area (Å²) in [6.07, 6.45) is 6.30. The molecule has 6 nitrogen and oxygen atoms in total. The van der Waals surface area contributed by atoms with E-state index in [9.17, 15) is 4.79 Å². The molecular weight excluding hydrogens is 348 g/mol. The van der Waals surface area contributed by atoms with Gasteiger partial charge in [0.15, 0.2) is 5.13 Å². The number of likely N-dealkylation sites (tertiary alicyclic amines) is 2. The molecule has 0 N–H and O–H groups in total. The molecule has 3 aliphatic heterocycles. The number of carbonyl (C=O) groups excluding carboxylic acids is 1. The maximum Gasteiger partial charge on any atom is 0.230 e. The molecule has 0 radical (unpaired) electrons. The van der Waals surface area contributed by atoms with Crippen LogP contribution in [-0.4, -0.2) is 73.2 Å². The number of thiazole rings is 1. The molecule has 1 aromatic rings. The first-order valence-electron chi connectivity index (χ1n) is 9.99. The van der Waals surface area contributed by atoms with Gasteiger partial charge in [-0.25, -0.2) is 4.98 Å². The third-order valence-corrected chi connectivity index (χ3v) is 7.00. The minimum atomic E-state index is -0.120. The zero-order valence-corrected chi connectivity index (χ0v) is 16.6. The highest BCUT2D eigenvalue weighted by Gasteiger charge is 2.47. The molecule has 1 atom stereocenters. The van der Waals surface area contributed by atoms with Crippen LogP contribution >= 0.6 is 11.3 Å². The number of piperidine rings is 1. The molecule has 4 heterocycles. The lowest BCUT2D eigenvalue weighted by Crippen LogP contribution is -2.50. The summed E-state index contributed by atoms with van der Waals surface area (Å²) in [4.78, 5) is 25.8. The van der Waals surface area contributed by atoms with Gasteiger partial charge in [-0.1, -0.05) is 6.92 Å². The third-order valence-electron chi connectivity index (χ3n) is 5.95. The Bertz CT molecular complexity index is 629. The Balaban J connectivity index is 1.37. The molecule has 0 aliphatic carbocycles. The van der Waals surface area contributed by atoms with Crippen LogP contribution in [0.3, 0.4) is 0 Å². The first-order valence-corrected chi connectivity index (χ1v) is 10.8. The van der Waals surface area contributed by atoms with Gasteiger partial charge in [0.1, 0.15) is 0 Å². The van der Waals surface area contributed by atoms with Gasteiger partial charge in [-0.15, -0.1) is 11.3 Å². The fourth-order valence-corrected chi connectivity index (χ4v) is 5.60. The van der Waals surface area contributed by atoms with Crippen LogP contribution in [0.1, 0.15) is 37.5 Å². The van der Waals surface area contributed by atoms with Crippen LogP contribution in [0.5, 0.6) is 0 Å². The van der Waals surface area contributed by atoms with Gasteiger partial charge in [-0.3, -0.25) is 9.69 Å². The Labute approximate surface area is 160 Å². The maximum atomic E-state index is 13.0. The van der Waals surface area contributed by atoms with E-state index >= 15 is 0 Å². The van der Waals surface area contributed by atoms with Crippen molar-refractivity contribution in [2.75, 3.05) is 57.4 Å². The Hall–Kier alpha value is -1.18. The summed E-state index contributed by atoms with van der Waals surface area (Å²) in [6, 6.07) is 0. The quantitative estimate of drug-likeness (QED) is 0.786. The molecule has 0 unspecified atom stereocenters. The van der Waals surface area contributed by atoms with Crippen molar-refractivity contribution in [3.8, 4) is 0 Å². The number of amides is 1. The monoisotopic (exact) mass is 378 g/mol. The first-order chi connectivity index (χ1) is 12.7. The van der Waals surface area contributed by atoms with E-state index in [1.165, 1.54) is 4.88 Å². The van der Waals surface area contributed by atoms with E-state index in [0.29, 0.717) is 5.91 Å². The fraction of sp³-hybridized carbons (Fsp3) is 0.789. The highest BCUT2D eigenvalue weighted by Crippen LogP contribution is 2.41. The van der Waals surface area contributed by atoms with Crippen LogP contribution in [0.2, 0.25) is 0 Å². The van der Waals surface area contributed by atoms with Gasteiger partial charge in [-0.2, -0.15) is 0 Å². The predicted molar refractivity (Wildman–Crippen MR) is 104 cm³/mol. The zero-order chi connectivity index (χ0) is 18.0. The van der Waals surface area contributed by atoms with Crippen LogP contribution in [0.25, 0.3) is 0 Å². The molecule has 7 heteroatoms. The van der Waals surface area contributed by atoms with Crippen LogP contribution in [0.15, 0.2) is 6.20 Å². The second kappa shape index (κ2) is 7.82.